The summed E-state index contributed by atoms with van der Waals surface area (Å²) >= 11 is 1.60. The highest BCUT2D eigenvalue weighted by Crippen LogP contribution is 2.24. The lowest BCUT2D eigenvalue weighted by Crippen LogP contribution is -2.21. The molecule has 2 heterocycles. The average Bonchev–Trinajstić information content (AvgIpc) is 3.13. The quantitative estimate of drug-likeness (QED) is 0.540. The van der Waals surface area contributed by atoms with Gasteiger partial charge in [-0.2, -0.15) is 0 Å². The van der Waals surface area contributed by atoms with E-state index in [-0.39, 0.29) is 5.56 Å². The molecule has 0 aliphatic heterocycles. The van der Waals surface area contributed by atoms with Gasteiger partial charge in [0.25, 0.3) is 5.56 Å². The fourth-order valence-corrected chi connectivity index (χ4v) is 3.84. The smallest absolute Gasteiger partial charge is 0.261 e. The van der Waals surface area contributed by atoms with E-state index < -0.39 is 0 Å². The molecule has 0 radical (unpaired) electrons. The SMILES string of the molecule is CCc1ccc(-c2nc(Cn3cnc4c(C)cccc4c3=O)cs2)cc1. The molecule has 0 spiro atoms. The van der Waals surface area contributed by atoms with Crippen LogP contribution >= 0.6 is 11.3 Å². The Labute approximate surface area is 155 Å². The van der Waals surface area contributed by atoms with Gasteiger partial charge in [-0.3, -0.25) is 9.36 Å². The van der Waals surface area contributed by atoms with Gasteiger partial charge in [-0.15, -0.1) is 11.3 Å². The van der Waals surface area contributed by atoms with E-state index in [0.29, 0.717) is 11.9 Å². The van der Waals surface area contributed by atoms with E-state index >= 15 is 0 Å². The van der Waals surface area contributed by atoms with Crippen LogP contribution in [0.3, 0.4) is 0 Å². The summed E-state index contributed by atoms with van der Waals surface area (Å²) in [5.74, 6) is 0. The van der Waals surface area contributed by atoms with Crippen LogP contribution in [0, 0.1) is 6.92 Å². The third-order valence-corrected chi connectivity index (χ3v) is 5.49. The van der Waals surface area contributed by atoms with Gasteiger partial charge in [0.15, 0.2) is 0 Å². The molecule has 2 aromatic carbocycles. The zero-order valence-corrected chi connectivity index (χ0v) is 15.6. The minimum atomic E-state index is -0.0273. The molecule has 0 N–H and O–H groups in total. The molecule has 0 fully saturated rings. The highest BCUT2D eigenvalue weighted by atomic mass is 32.1. The van der Waals surface area contributed by atoms with Gasteiger partial charge < -0.3 is 0 Å². The molecule has 5 heteroatoms. The Morgan fingerprint density at radius 1 is 1.12 bits per heavy atom. The van der Waals surface area contributed by atoms with Gasteiger partial charge in [0.2, 0.25) is 0 Å². The lowest BCUT2D eigenvalue weighted by Gasteiger charge is -2.06. The fraction of sp³-hybridized carbons (Fsp3) is 0.190. The van der Waals surface area contributed by atoms with Crippen LogP contribution in [0.15, 0.2) is 59.0 Å². The first-order valence-electron chi connectivity index (χ1n) is 8.64. The second-order valence-corrected chi connectivity index (χ2v) is 7.20. The minimum Gasteiger partial charge on any atom is -0.293 e. The molecule has 4 rings (SSSR count). The Balaban J connectivity index is 1.64. The van der Waals surface area contributed by atoms with Gasteiger partial charge in [0.05, 0.1) is 29.5 Å². The first kappa shape index (κ1) is 16.7. The van der Waals surface area contributed by atoms with Crippen molar-refractivity contribution in [3.05, 3.63) is 81.3 Å². The third-order valence-electron chi connectivity index (χ3n) is 4.55. The Hall–Kier alpha value is -2.79. The molecule has 2 aromatic heterocycles. The number of benzene rings is 2. The van der Waals surface area contributed by atoms with Crippen LogP contribution in [0.2, 0.25) is 0 Å². The Morgan fingerprint density at radius 3 is 2.69 bits per heavy atom. The molecule has 0 bridgehead atoms. The summed E-state index contributed by atoms with van der Waals surface area (Å²) in [5, 5.41) is 3.63. The summed E-state index contributed by atoms with van der Waals surface area (Å²) < 4.78 is 1.63. The summed E-state index contributed by atoms with van der Waals surface area (Å²) in [6.45, 7) is 4.54. The number of para-hydroxylation sites is 1. The highest BCUT2D eigenvalue weighted by molar-refractivity contribution is 7.13. The molecule has 0 unspecified atom stereocenters. The number of hydrogen-bond acceptors (Lipinski definition) is 4. The minimum absolute atomic E-state index is 0.0273. The first-order valence-corrected chi connectivity index (χ1v) is 9.52. The Kier molecular flexibility index (Phi) is 4.39. The fourth-order valence-electron chi connectivity index (χ4n) is 3.02. The van der Waals surface area contributed by atoms with Crippen molar-refractivity contribution in [2.45, 2.75) is 26.8 Å². The second kappa shape index (κ2) is 6.84. The number of nitrogens with zero attached hydrogens (tertiary/aromatic N) is 3. The monoisotopic (exact) mass is 361 g/mol. The molecule has 26 heavy (non-hydrogen) atoms. The summed E-state index contributed by atoms with van der Waals surface area (Å²) in [6, 6.07) is 14.2. The van der Waals surface area contributed by atoms with Gasteiger partial charge in [-0.1, -0.05) is 43.3 Å². The van der Waals surface area contributed by atoms with Crippen molar-refractivity contribution in [1.82, 2.24) is 14.5 Å². The van der Waals surface area contributed by atoms with Gasteiger partial charge in [0.1, 0.15) is 5.01 Å². The molecule has 0 saturated carbocycles. The highest BCUT2D eigenvalue weighted by Gasteiger charge is 2.09. The van der Waals surface area contributed by atoms with Crippen LogP contribution in [-0.2, 0) is 13.0 Å². The van der Waals surface area contributed by atoms with E-state index in [4.69, 9.17) is 4.98 Å². The van der Waals surface area contributed by atoms with Gasteiger partial charge >= 0.3 is 0 Å². The van der Waals surface area contributed by atoms with Crippen molar-refractivity contribution in [3.8, 4) is 10.6 Å². The first-order chi connectivity index (χ1) is 12.7. The van der Waals surface area contributed by atoms with Crippen LogP contribution in [0.1, 0.15) is 23.7 Å². The van der Waals surface area contributed by atoms with E-state index in [1.54, 1.807) is 22.2 Å². The number of rotatable bonds is 4. The van der Waals surface area contributed by atoms with Crippen LogP contribution in [0.5, 0.6) is 0 Å². The van der Waals surface area contributed by atoms with Crippen LogP contribution in [0.4, 0.5) is 0 Å². The lowest BCUT2D eigenvalue weighted by molar-refractivity contribution is 0.734. The molecule has 0 aliphatic rings. The summed E-state index contributed by atoms with van der Waals surface area (Å²) in [7, 11) is 0. The van der Waals surface area contributed by atoms with E-state index in [0.717, 1.165) is 33.8 Å². The molecular weight excluding hydrogens is 342 g/mol. The van der Waals surface area contributed by atoms with E-state index in [2.05, 4.69) is 36.2 Å². The van der Waals surface area contributed by atoms with E-state index in [9.17, 15) is 4.79 Å². The average molecular weight is 361 g/mol. The molecule has 0 atom stereocenters. The zero-order valence-electron chi connectivity index (χ0n) is 14.8. The second-order valence-electron chi connectivity index (χ2n) is 6.34. The van der Waals surface area contributed by atoms with Crippen LogP contribution in [0.25, 0.3) is 21.5 Å². The molecular formula is C21H19N3OS. The summed E-state index contributed by atoms with van der Waals surface area (Å²) in [5.41, 5.74) is 5.05. The molecule has 0 saturated heterocycles. The normalized spacial score (nSPS) is 11.2. The molecule has 130 valence electrons. The topological polar surface area (TPSA) is 47.8 Å². The maximum atomic E-state index is 12.7. The Bertz CT molecular complexity index is 1130. The Morgan fingerprint density at radius 2 is 1.92 bits per heavy atom. The maximum absolute atomic E-state index is 12.7. The number of fused-ring (bicyclic) bond motifs is 1. The maximum Gasteiger partial charge on any atom is 0.261 e. The van der Waals surface area contributed by atoms with Crippen molar-refractivity contribution >= 4 is 22.2 Å². The predicted molar refractivity (Wildman–Crippen MR) is 107 cm³/mol. The molecule has 0 amide bonds. The summed E-state index contributed by atoms with van der Waals surface area (Å²) in [4.78, 5) is 21.9. The van der Waals surface area contributed by atoms with E-state index in [1.165, 1.54) is 5.56 Å². The molecule has 0 aliphatic carbocycles. The van der Waals surface area contributed by atoms with Crippen molar-refractivity contribution < 1.29 is 0 Å². The van der Waals surface area contributed by atoms with Crippen molar-refractivity contribution in [2.24, 2.45) is 0 Å². The number of thiazole rings is 1. The largest absolute Gasteiger partial charge is 0.293 e. The summed E-state index contributed by atoms with van der Waals surface area (Å²) in [6.07, 6.45) is 2.65. The number of hydrogen-bond donors (Lipinski definition) is 0. The van der Waals surface area contributed by atoms with Crippen LogP contribution in [-0.4, -0.2) is 14.5 Å². The predicted octanol–water partition coefficient (Wildman–Crippen LogP) is 4.44. The van der Waals surface area contributed by atoms with Crippen molar-refractivity contribution in [3.63, 3.8) is 0 Å². The van der Waals surface area contributed by atoms with Gasteiger partial charge in [-0.25, -0.2) is 9.97 Å². The zero-order chi connectivity index (χ0) is 18.1. The molecule has 4 nitrogen and oxygen atoms in total. The molecule has 4 aromatic rings. The van der Waals surface area contributed by atoms with Crippen LogP contribution < -0.4 is 5.56 Å². The van der Waals surface area contributed by atoms with Crippen molar-refractivity contribution in [2.75, 3.05) is 0 Å². The third kappa shape index (κ3) is 3.06. The lowest BCUT2D eigenvalue weighted by atomic mass is 10.1. The van der Waals surface area contributed by atoms with Gasteiger partial charge in [-0.05, 0) is 30.5 Å². The van der Waals surface area contributed by atoms with E-state index in [1.807, 2.05) is 30.5 Å². The number of aryl methyl sites for hydroxylation is 2. The number of aromatic nitrogens is 3. The van der Waals surface area contributed by atoms with Crippen molar-refractivity contribution in [1.29, 1.82) is 0 Å². The standard InChI is InChI=1S/C21H19N3OS/c1-3-15-7-9-16(10-8-15)20-23-17(12-26-20)11-24-13-22-19-14(2)5-4-6-18(19)21(24)25/h4-10,12-13H,3,11H2,1-2H3. The van der Waals surface area contributed by atoms with Gasteiger partial charge in [0, 0.05) is 10.9 Å².